The highest BCUT2D eigenvalue weighted by Crippen LogP contribution is 2.36. The summed E-state index contributed by atoms with van der Waals surface area (Å²) >= 11 is 0. The summed E-state index contributed by atoms with van der Waals surface area (Å²) in [5.74, 6) is 2.28. The van der Waals surface area contributed by atoms with Crippen molar-refractivity contribution in [3.63, 3.8) is 0 Å². The van der Waals surface area contributed by atoms with Gasteiger partial charge in [-0.15, -0.1) is 0 Å². The molecule has 3 nitrogen and oxygen atoms in total. The summed E-state index contributed by atoms with van der Waals surface area (Å²) in [7, 11) is 0. The number of hydrogen-bond acceptors (Lipinski definition) is 3. The summed E-state index contributed by atoms with van der Waals surface area (Å²) in [6.45, 7) is 8.02. The Balaban J connectivity index is 1.63. The molecule has 0 spiro atoms. The highest BCUT2D eigenvalue weighted by atomic mass is 16.5. The summed E-state index contributed by atoms with van der Waals surface area (Å²) < 4.78 is 5.92. The minimum absolute atomic E-state index is 0.404. The number of fused-ring (bicyclic) bond motifs is 1. The Labute approximate surface area is 117 Å². The van der Waals surface area contributed by atoms with Crippen molar-refractivity contribution in [2.75, 3.05) is 19.7 Å². The summed E-state index contributed by atoms with van der Waals surface area (Å²) in [5.41, 5.74) is 6.46. The van der Waals surface area contributed by atoms with Crippen LogP contribution in [-0.4, -0.2) is 42.8 Å². The molecule has 0 aromatic heterocycles. The largest absolute Gasteiger partial charge is 0.375 e. The van der Waals surface area contributed by atoms with Crippen LogP contribution in [-0.2, 0) is 4.74 Å². The number of nitrogens with zero attached hydrogens (tertiary/aromatic N) is 1. The number of ether oxygens (including phenoxy) is 1. The molecule has 0 bridgehead atoms. The summed E-state index contributed by atoms with van der Waals surface area (Å²) in [6, 6.07) is 1.09. The van der Waals surface area contributed by atoms with Crippen LogP contribution in [0.4, 0.5) is 0 Å². The Morgan fingerprint density at radius 1 is 1.21 bits per heavy atom. The lowest BCUT2D eigenvalue weighted by molar-refractivity contribution is -0.0662. The van der Waals surface area contributed by atoms with Gasteiger partial charge in [0.15, 0.2) is 0 Å². The standard InChI is InChI=1S/C16H30N2O/c1-11-8-12(2)13(14(17)9-11)10-18-6-7-19-16-5-3-4-15(16)18/h11-16H,3-10,17H2,1-2H3. The maximum Gasteiger partial charge on any atom is 0.0730 e. The average Bonchev–Trinajstić information content (AvgIpc) is 2.82. The van der Waals surface area contributed by atoms with Crippen molar-refractivity contribution < 1.29 is 4.74 Å². The molecule has 2 N–H and O–H groups in total. The first-order valence-electron chi connectivity index (χ1n) is 8.26. The molecule has 2 saturated carbocycles. The number of nitrogens with two attached hydrogens (primary N) is 1. The monoisotopic (exact) mass is 266 g/mol. The van der Waals surface area contributed by atoms with Crippen LogP contribution >= 0.6 is 0 Å². The molecule has 0 aromatic carbocycles. The molecule has 1 saturated heterocycles. The van der Waals surface area contributed by atoms with Crippen molar-refractivity contribution >= 4 is 0 Å². The fourth-order valence-corrected chi connectivity index (χ4v) is 4.79. The smallest absolute Gasteiger partial charge is 0.0730 e. The molecule has 19 heavy (non-hydrogen) atoms. The van der Waals surface area contributed by atoms with Crippen LogP contribution in [0.1, 0.15) is 46.0 Å². The molecular formula is C16H30N2O. The zero-order chi connectivity index (χ0) is 13.4. The quantitative estimate of drug-likeness (QED) is 0.833. The lowest BCUT2D eigenvalue weighted by atomic mass is 9.72. The van der Waals surface area contributed by atoms with E-state index in [9.17, 15) is 0 Å². The highest BCUT2D eigenvalue weighted by molar-refractivity contribution is 4.93. The van der Waals surface area contributed by atoms with Crippen molar-refractivity contribution in [1.82, 2.24) is 4.90 Å². The molecular weight excluding hydrogens is 236 g/mol. The molecule has 3 aliphatic rings. The predicted octanol–water partition coefficient (Wildman–Crippen LogP) is 2.25. The third-order valence-electron chi connectivity index (χ3n) is 5.77. The molecule has 110 valence electrons. The van der Waals surface area contributed by atoms with Gasteiger partial charge in [0.05, 0.1) is 12.7 Å². The first-order valence-corrected chi connectivity index (χ1v) is 8.26. The first-order chi connectivity index (χ1) is 9.15. The average molecular weight is 266 g/mol. The van der Waals surface area contributed by atoms with Gasteiger partial charge in [-0.25, -0.2) is 0 Å². The van der Waals surface area contributed by atoms with Gasteiger partial charge in [-0.05, 0) is 49.9 Å². The van der Waals surface area contributed by atoms with Gasteiger partial charge in [0, 0.05) is 25.2 Å². The van der Waals surface area contributed by atoms with E-state index >= 15 is 0 Å². The lowest BCUT2D eigenvalue weighted by Gasteiger charge is -2.44. The van der Waals surface area contributed by atoms with E-state index in [0.717, 1.165) is 25.0 Å². The van der Waals surface area contributed by atoms with Gasteiger partial charge in [-0.1, -0.05) is 13.8 Å². The lowest BCUT2D eigenvalue weighted by Crippen LogP contribution is -2.54. The third-order valence-corrected chi connectivity index (χ3v) is 5.77. The maximum atomic E-state index is 6.46. The van der Waals surface area contributed by atoms with E-state index in [-0.39, 0.29) is 0 Å². The Morgan fingerprint density at radius 2 is 2.05 bits per heavy atom. The van der Waals surface area contributed by atoms with Crippen LogP contribution in [0, 0.1) is 17.8 Å². The molecule has 0 aromatic rings. The van der Waals surface area contributed by atoms with Crippen molar-refractivity contribution in [2.24, 2.45) is 23.5 Å². The van der Waals surface area contributed by atoms with Crippen LogP contribution in [0.3, 0.4) is 0 Å². The molecule has 1 heterocycles. The maximum absolute atomic E-state index is 6.46. The summed E-state index contributed by atoms with van der Waals surface area (Å²) in [5, 5.41) is 0. The molecule has 6 atom stereocenters. The van der Waals surface area contributed by atoms with E-state index in [1.807, 2.05) is 0 Å². The van der Waals surface area contributed by atoms with E-state index in [0.29, 0.717) is 24.1 Å². The van der Waals surface area contributed by atoms with Crippen molar-refractivity contribution in [3.05, 3.63) is 0 Å². The second kappa shape index (κ2) is 5.71. The van der Waals surface area contributed by atoms with Crippen LogP contribution in [0.15, 0.2) is 0 Å². The molecule has 0 radical (unpaired) electrons. The van der Waals surface area contributed by atoms with E-state index in [4.69, 9.17) is 10.5 Å². The van der Waals surface area contributed by atoms with Gasteiger partial charge in [0.25, 0.3) is 0 Å². The Morgan fingerprint density at radius 3 is 2.84 bits per heavy atom. The third kappa shape index (κ3) is 2.84. The topological polar surface area (TPSA) is 38.5 Å². The SMILES string of the molecule is CC1CC(C)C(CN2CCOC3CCCC32)C(N)C1. The Hall–Kier alpha value is -0.120. The summed E-state index contributed by atoms with van der Waals surface area (Å²) in [6.07, 6.45) is 7.03. The van der Waals surface area contributed by atoms with Crippen LogP contribution in [0.2, 0.25) is 0 Å². The van der Waals surface area contributed by atoms with E-state index in [1.54, 1.807) is 0 Å². The predicted molar refractivity (Wildman–Crippen MR) is 78.0 cm³/mol. The Bertz CT molecular complexity index is 297. The van der Waals surface area contributed by atoms with Crippen molar-refractivity contribution in [3.8, 4) is 0 Å². The molecule has 3 fully saturated rings. The van der Waals surface area contributed by atoms with Crippen LogP contribution < -0.4 is 5.73 Å². The van der Waals surface area contributed by atoms with Crippen molar-refractivity contribution in [2.45, 2.75) is 64.1 Å². The van der Waals surface area contributed by atoms with Crippen LogP contribution in [0.25, 0.3) is 0 Å². The van der Waals surface area contributed by atoms with Gasteiger partial charge >= 0.3 is 0 Å². The van der Waals surface area contributed by atoms with Gasteiger partial charge in [-0.3, -0.25) is 4.90 Å². The Kier molecular flexibility index (Phi) is 4.16. The number of rotatable bonds is 2. The fourth-order valence-electron chi connectivity index (χ4n) is 4.79. The highest BCUT2D eigenvalue weighted by Gasteiger charge is 2.39. The van der Waals surface area contributed by atoms with E-state index < -0.39 is 0 Å². The molecule has 1 aliphatic heterocycles. The molecule has 2 aliphatic carbocycles. The zero-order valence-electron chi connectivity index (χ0n) is 12.6. The summed E-state index contributed by atoms with van der Waals surface area (Å²) in [4.78, 5) is 2.71. The molecule has 3 heteroatoms. The normalized spacial score (nSPS) is 48.2. The molecule has 6 unspecified atom stereocenters. The van der Waals surface area contributed by atoms with Gasteiger partial charge in [-0.2, -0.15) is 0 Å². The minimum Gasteiger partial charge on any atom is -0.375 e. The van der Waals surface area contributed by atoms with Gasteiger partial charge in [0.2, 0.25) is 0 Å². The first kappa shape index (κ1) is 13.8. The van der Waals surface area contributed by atoms with Gasteiger partial charge < -0.3 is 10.5 Å². The molecule has 3 rings (SSSR count). The second-order valence-electron chi connectivity index (χ2n) is 7.28. The molecule has 0 amide bonds. The van der Waals surface area contributed by atoms with E-state index in [2.05, 4.69) is 18.7 Å². The fraction of sp³-hybridized carbons (Fsp3) is 1.00. The van der Waals surface area contributed by atoms with Crippen molar-refractivity contribution in [1.29, 1.82) is 0 Å². The number of hydrogen-bond donors (Lipinski definition) is 1. The number of morpholine rings is 1. The van der Waals surface area contributed by atoms with E-state index in [1.165, 1.54) is 38.6 Å². The van der Waals surface area contributed by atoms with Crippen LogP contribution in [0.5, 0.6) is 0 Å². The minimum atomic E-state index is 0.404. The second-order valence-corrected chi connectivity index (χ2v) is 7.28. The zero-order valence-corrected chi connectivity index (χ0v) is 12.6. The van der Waals surface area contributed by atoms with Gasteiger partial charge in [0.1, 0.15) is 0 Å².